The van der Waals surface area contributed by atoms with Crippen molar-refractivity contribution in [2.24, 2.45) is 5.92 Å². The second kappa shape index (κ2) is 9.04. The maximum absolute atomic E-state index is 12.6. The molecule has 138 valence electrons. The van der Waals surface area contributed by atoms with Gasteiger partial charge in [0.1, 0.15) is 5.69 Å². The topological polar surface area (TPSA) is 98.3 Å². The van der Waals surface area contributed by atoms with Crippen molar-refractivity contribution in [1.82, 2.24) is 0 Å². The van der Waals surface area contributed by atoms with Crippen LogP contribution in [0, 0.1) is 32.0 Å². The van der Waals surface area contributed by atoms with E-state index in [2.05, 4.69) is 37.2 Å². The highest BCUT2D eigenvalue weighted by molar-refractivity contribution is 9.10. The second-order valence-corrected chi connectivity index (χ2v) is 7.43. The van der Waals surface area contributed by atoms with Gasteiger partial charge in [0, 0.05) is 27.6 Å². The third kappa shape index (κ3) is 6.03. The molecule has 0 saturated heterocycles. The Morgan fingerprint density at radius 3 is 2.04 bits per heavy atom. The van der Waals surface area contributed by atoms with Gasteiger partial charge < -0.3 is 5.32 Å². The minimum atomic E-state index is -0.821. The predicted molar refractivity (Wildman–Crippen MR) is 103 cm³/mol. The van der Waals surface area contributed by atoms with Crippen molar-refractivity contribution in [3.05, 3.63) is 71.4 Å². The second-order valence-electron chi connectivity index (χ2n) is 5.60. The highest BCUT2D eigenvalue weighted by atomic mass is 79.9. The van der Waals surface area contributed by atoms with Crippen molar-refractivity contribution >= 4 is 48.9 Å². The van der Waals surface area contributed by atoms with Crippen LogP contribution in [0.1, 0.15) is 12.8 Å². The van der Waals surface area contributed by atoms with Crippen molar-refractivity contribution in [2.75, 3.05) is 11.9 Å². The number of halogens is 3. The molecule has 1 aliphatic carbocycles. The van der Waals surface area contributed by atoms with E-state index in [0.717, 1.165) is 23.2 Å². The maximum Gasteiger partial charge on any atom is 0.305 e. The van der Waals surface area contributed by atoms with Crippen LogP contribution >= 0.6 is 31.9 Å². The Hall–Kier alpha value is -2.07. The van der Waals surface area contributed by atoms with Gasteiger partial charge >= 0.3 is 5.69 Å². The van der Waals surface area contributed by atoms with Crippen LogP contribution < -0.4 is 5.32 Å². The summed E-state index contributed by atoms with van der Waals surface area (Å²) in [5, 5.41) is 24.0. The SMILES string of the molecule is O=[N+]([O-])c1cc(Br)ccc1F.O=[N+]([O-])c1cc(Br)ccc1NCC1CC1. The van der Waals surface area contributed by atoms with Crippen molar-refractivity contribution in [3.8, 4) is 0 Å². The number of nitro groups is 2. The number of hydrogen-bond donors (Lipinski definition) is 1. The summed E-state index contributed by atoms with van der Waals surface area (Å²) in [7, 11) is 0. The Labute approximate surface area is 165 Å². The van der Waals surface area contributed by atoms with E-state index in [4.69, 9.17) is 0 Å². The van der Waals surface area contributed by atoms with Gasteiger partial charge in [-0.2, -0.15) is 4.39 Å². The molecule has 2 aromatic carbocycles. The van der Waals surface area contributed by atoms with E-state index in [1.165, 1.54) is 25.0 Å². The average molecular weight is 491 g/mol. The van der Waals surface area contributed by atoms with Crippen LogP contribution in [0.25, 0.3) is 0 Å². The summed E-state index contributed by atoms with van der Waals surface area (Å²) < 4.78 is 13.8. The number of anilines is 1. The molecule has 7 nitrogen and oxygen atoms in total. The molecule has 3 rings (SSSR count). The third-order valence-corrected chi connectivity index (χ3v) is 4.53. The van der Waals surface area contributed by atoms with Crippen molar-refractivity contribution in [1.29, 1.82) is 0 Å². The molecule has 1 fully saturated rings. The summed E-state index contributed by atoms with van der Waals surface area (Å²) in [6, 6.07) is 8.64. The smallest absolute Gasteiger partial charge is 0.305 e. The van der Waals surface area contributed by atoms with Gasteiger partial charge in [0.05, 0.1) is 9.85 Å². The first kappa shape index (κ1) is 20.2. The minimum Gasteiger partial charge on any atom is -0.379 e. The standard InChI is InChI=1S/C10H11BrN2O2.C6H3BrFNO2/c11-8-3-4-9(10(5-8)13(14)15)12-6-7-1-2-7;7-4-1-2-5(8)6(3-4)9(10)11/h3-5,7,12H,1-2,6H2;1-3H. The summed E-state index contributed by atoms with van der Waals surface area (Å²) >= 11 is 6.22. The minimum absolute atomic E-state index is 0.130. The van der Waals surface area contributed by atoms with Crippen molar-refractivity contribution in [2.45, 2.75) is 12.8 Å². The van der Waals surface area contributed by atoms with Gasteiger partial charge in [0.2, 0.25) is 5.82 Å². The number of nitro benzene ring substituents is 2. The molecular weight excluding hydrogens is 477 g/mol. The number of nitrogens with zero attached hydrogens (tertiary/aromatic N) is 2. The van der Waals surface area contributed by atoms with E-state index in [1.807, 2.05) is 6.07 Å². The third-order valence-electron chi connectivity index (χ3n) is 3.54. The molecule has 26 heavy (non-hydrogen) atoms. The highest BCUT2D eigenvalue weighted by Crippen LogP contribution is 2.32. The Morgan fingerprint density at radius 2 is 1.54 bits per heavy atom. The molecule has 0 atom stereocenters. The molecule has 2 aromatic rings. The van der Waals surface area contributed by atoms with Crippen molar-refractivity contribution < 1.29 is 14.2 Å². The number of benzene rings is 2. The lowest BCUT2D eigenvalue weighted by Crippen LogP contribution is -2.05. The average Bonchev–Trinajstić information content (AvgIpc) is 3.40. The first-order valence-corrected chi connectivity index (χ1v) is 9.13. The van der Waals surface area contributed by atoms with E-state index in [9.17, 15) is 24.6 Å². The van der Waals surface area contributed by atoms with Gasteiger partial charge in [-0.25, -0.2) is 0 Å². The zero-order valence-electron chi connectivity index (χ0n) is 13.3. The summed E-state index contributed by atoms with van der Waals surface area (Å²) in [4.78, 5) is 19.8. The van der Waals surface area contributed by atoms with Crippen LogP contribution in [0.3, 0.4) is 0 Å². The summed E-state index contributed by atoms with van der Waals surface area (Å²) in [6.45, 7) is 0.836. The molecule has 0 heterocycles. The van der Waals surface area contributed by atoms with E-state index in [0.29, 0.717) is 16.1 Å². The van der Waals surface area contributed by atoms with E-state index < -0.39 is 16.4 Å². The molecule has 0 amide bonds. The Morgan fingerprint density at radius 1 is 1.00 bits per heavy atom. The van der Waals surface area contributed by atoms with Gasteiger partial charge in [-0.15, -0.1) is 0 Å². The fourth-order valence-electron chi connectivity index (χ4n) is 2.01. The van der Waals surface area contributed by atoms with E-state index in [1.54, 1.807) is 6.07 Å². The molecule has 1 aliphatic rings. The fraction of sp³-hybridized carbons (Fsp3) is 0.250. The molecule has 1 N–H and O–H groups in total. The molecule has 0 bridgehead atoms. The van der Waals surface area contributed by atoms with Gasteiger partial charge in [-0.3, -0.25) is 20.2 Å². The van der Waals surface area contributed by atoms with Crippen LogP contribution in [0.15, 0.2) is 45.3 Å². The first-order valence-electron chi connectivity index (χ1n) is 7.55. The zero-order chi connectivity index (χ0) is 19.3. The van der Waals surface area contributed by atoms with Crippen molar-refractivity contribution in [3.63, 3.8) is 0 Å². The fourth-order valence-corrected chi connectivity index (χ4v) is 2.71. The van der Waals surface area contributed by atoms with Crippen LogP contribution in [0.5, 0.6) is 0 Å². The zero-order valence-corrected chi connectivity index (χ0v) is 16.5. The Balaban J connectivity index is 0.000000197. The first-order chi connectivity index (χ1) is 12.3. The molecule has 0 spiro atoms. The monoisotopic (exact) mass is 489 g/mol. The summed E-state index contributed by atoms with van der Waals surface area (Å²) in [5.74, 6) is -0.119. The predicted octanol–water partition coefficient (Wildman–Crippen LogP) is 5.68. The largest absolute Gasteiger partial charge is 0.379 e. The number of hydrogen-bond acceptors (Lipinski definition) is 5. The Bertz CT molecular complexity index is 831. The molecule has 0 aromatic heterocycles. The van der Waals surface area contributed by atoms with E-state index >= 15 is 0 Å². The van der Waals surface area contributed by atoms with E-state index in [-0.39, 0.29) is 10.6 Å². The highest BCUT2D eigenvalue weighted by Gasteiger charge is 2.22. The maximum atomic E-state index is 12.6. The quantitative estimate of drug-likeness (QED) is 0.429. The van der Waals surface area contributed by atoms with Crippen LogP contribution in [-0.4, -0.2) is 16.4 Å². The lowest BCUT2D eigenvalue weighted by molar-refractivity contribution is -0.387. The van der Waals surface area contributed by atoms with Gasteiger partial charge in [0.15, 0.2) is 0 Å². The lowest BCUT2D eigenvalue weighted by Gasteiger charge is -2.06. The molecule has 1 saturated carbocycles. The van der Waals surface area contributed by atoms with Crippen LogP contribution in [-0.2, 0) is 0 Å². The Kier molecular flexibility index (Phi) is 7.04. The van der Waals surface area contributed by atoms with Gasteiger partial charge in [-0.1, -0.05) is 31.9 Å². The normalized spacial score (nSPS) is 12.7. The molecule has 0 unspecified atom stereocenters. The van der Waals surface area contributed by atoms with Crippen LogP contribution in [0.4, 0.5) is 21.5 Å². The molecule has 0 aliphatic heterocycles. The molecule has 10 heteroatoms. The van der Waals surface area contributed by atoms with Crippen LogP contribution in [0.2, 0.25) is 0 Å². The summed E-state index contributed by atoms with van der Waals surface area (Å²) in [6.07, 6.45) is 2.47. The molecule has 0 radical (unpaired) electrons. The number of rotatable bonds is 5. The summed E-state index contributed by atoms with van der Waals surface area (Å²) in [5.41, 5.74) is 0.222. The lowest BCUT2D eigenvalue weighted by atomic mass is 10.2. The van der Waals surface area contributed by atoms with Gasteiger partial charge in [0.25, 0.3) is 5.69 Å². The molecular formula is C16H14Br2FN3O4. The van der Waals surface area contributed by atoms with Gasteiger partial charge in [-0.05, 0) is 43.0 Å². The number of nitrogens with one attached hydrogen (secondary N) is 1.